The summed E-state index contributed by atoms with van der Waals surface area (Å²) in [4.78, 5) is 49.3. The third kappa shape index (κ3) is 5.10. The molecule has 204 valence electrons. The molecule has 0 spiro atoms. The highest BCUT2D eigenvalue weighted by atomic mass is 16.5. The third-order valence-corrected chi connectivity index (χ3v) is 8.09. The minimum absolute atomic E-state index is 0.0516. The molecule has 1 aliphatic heterocycles. The van der Waals surface area contributed by atoms with Gasteiger partial charge in [-0.2, -0.15) is 5.10 Å². The molecule has 3 fully saturated rings. The summed E-state index contributed by atoms with van der Waals surface area (Å²) in [6, 6.07) is 6.75. The Morgan fingerprint density at radius 2 is 1.92 bits per heavy atom. The van der Waals surface area contributed by atoms with Crippen LogP contribution < -0.4 is 10.1 Å². The van der Waals surface area contributed by atoms with Crippen molar-refractivity contribution >= 4 is 28.5 Å². The molecule has 0 radical (unpaired) electrons. The molecule has 0 bridgehead atoms. The molecule has 3 aliphatic rings. The summed E-state index contributed by atoms with van der Waals surface area (Å²) in [6.45, 7) is 1.58. The Bertz CT molecular complexity index is 1410. The molecule has 11 nitrogen and oxygen atoms in total. The summed E-state index contributed by atoms with van der Waals surface area (Å²) >= 11 is 0. The maximum atomic E-state index is 13.6. The van der Waals surface area contributed by atoms with Gasteiger partial charge in [-0.25, -0.2) is 9.97 Å². The van der Waals surface area contributed by atoms with Gasteiger partial charge >= 0.3 is 0 Å². The standard InChI is InChI=1S/C28H32N6O5/c1-16(35)27-21-13-20(39-15-25-29-8-3-9-30-25)6-7-22(21)33(32-27)14-26(36)34-23-10-17(23)11-24(34)28(37)31-18-4-5-19(12-18)38-2/h3,6-9,13,17-19,23-24H,4-5,10-12,14-15H2,1-2H3,(H,31,37)/t17-,18-,19+,23-,24+/m1/s1. The molecule has 3 aromatic rings. The Morgan fingerprint density at radius 1 is 1.10 bits per heavy atom. The highest BCUT2D eigenvalue weighted by Crippen LogP contribution is 2.48. The molecule has 6 rings (SSSR count). The lowest BCUT2D eigenvalue weighted by Crippen LogP contribution is -2.50. The maximum Gasteiger partial charge on any atom is 0.245 e. The van der Waals surface area contributed by atoms with Crippen LogP contribution in [0.5, 0.6) is 5.75 Å². The lowest BCUT2D eigenvalue weighted by Gasteiger charge is -2.28. The van der Waals surface area contributed by atoms with Gasteiger partial charge in [0.2, 0.25) is 11.8 Å². The Hall–Kier alpha value is -3.86. The topological polar surface area (TPSA) is 129 Å². The van der Waals surface area contributed by atoms with Crippen LogP contribution in [-0.4, -0.2) is 73.6 Å². The van der Waals surface area contributed by atoms with Gasteiger partial charge in [-0.1, -0.05) is 0 Å². The second-order valence-corrected chi connectivity index (χ2v) is 10.7. The molecule has 2 amide bonds. The fourth-order valence-corrected chi connectivity index (χ4v) is 6.02. The fourth-order valence-electron chi connectivity index (χ4n) is 6.02. The molecule has 39 heavy (non-hydrogen) atoms. The second-order valence-electron chi connectivity index (χ2n) is 10.7. The number of hydrogen-bond donors (Lipinski definition) is 1. The van der Waals surface area contributed by atoms with Crippen molar-refractivity contribution in [1.82, 2.24) is 30.0 Å². The van der Waals surface area contributed by atoms with Crippen molar-refractivity contribution in [3.63, 3.8) is 0 Å². The lowest BCUT2D eigenvalue weighted by atomic mass is 10.1. The van der Waals surface area contributed by atoms with Crippen LogP contribution in [0.1, 0.15) is 55.3 Å². The average Bonchev–Trinajstić information content (AvgIpc) is 3.26. The van der Waals surface area contributed by atoms with Crippen molar-refractivity contribution in [3.8, 4) is 5.75 Å². The highest BCUT2D eigenvalue weighted by molar-refractivity contribution is 6.05. The average molecular weight is 533 g/mol. The summed E-state index contributed by atoms with van der Waals surface area (Å²) in [5.41, 5.74) is 0.925. The van der Waals surface area contributed by atoms with Crippen LogP contribution in [0, 0.1) is 5.92 Å². The van der Waals surface area contributed by atoms with Crippen molar-refractivity contribution in [2.75, 3.05) is 7.11 Å². The molecule has 2 aromatic heterocycles. The summed E-state index contributed by atoms with van der Waals surface area (Å²) in [5.74, 6) is 0.998. The first kappa shape index (κ1) is 25.4. The van der Waals surface area contributed by atoms with Crippen LogP contribution in [0.25, 0.3) is 10.9 Å². The van der Waals surface area contributed by atoms with Gasteiger partial charge < -0.3 is 19.7 Å². The summed E-state index contributed by atoms with van der Waals surface area (Å²) in [5, 5.41) is 8.25. The van der Waals surface area contributed by atoms with E-state index in [0.717, 1.165) is 25.7 Å². The minimum atomic E-state index is -0.475. The minimum Gasteiger partial charge on any atom is -0.486 e. The number of carbonyl (C=O) groups is 3. The van der Waals surface area contributed by atoms with Gasteiger partial charge in [0, 0.05) is 43.9 Å². The molecule has 5 atom stereocenters. The van der Waals surface area contributed by atoms with E-state index in [-0.39, 0.29) is 54.6 Å². The number of nitrogens with zero attached hydrogens (tertiary/aromatic N) is 5. The van der Waals surface area contributed by atoms with Crippen LogP contribution in [0.3, 0.4) is 0 Å². The SMILES string of the molecule is CO[C@H]1CC[C@@H](NC(=O)[C@@H]2C[C@H]3C[C@H]3N2C(=O)Cn2nc(C(C)=O)c3cc(OCc4ncccn4)ccc32)C1. The molecule has 1 aromatic carbocycles. The van der Waals surface area contributed by atoms with E-state index in [1.165, 1.54) is 6.92 Å². The summed E-state index contributed by atoms with van der Waals surface area (Å²) in [7, 11) is 1.70. The van der Waals surface area contributed by atoms with Crippen LogP contribution in [-0.2, 0) is 27.5 Å². The normalized spacial score (nSPS) is 25.5. The zero-order chi connectivity index (χ0) is 27.1. The van der Waals surface area contributed by atoms with Gasteiger partial charge in [0.15, 0.2) is 11.6 Å². The van der Waals surface area contributed by atoms with Gasteiger partial charge in [-0.15, -0.1) is 0 Å². The number of benzene rings is 1. The van der Waals surface area contributed by atoms with Crippen molar-refractivity contribution in [2.45, 2.75) is 76.4 Å². The number of nitrogens with one attached hydrogen (secondary N) is 1. The van der Waals surface area contributed by atoms with E-state index in [1.807, 2.05) is 0 Å². The molecular formula is C28H32N6O5. The van der Waals surface area contributed by atoms with Crippen molar-refractivity contribution in [2.24, 2.45) is 5.92 Å². The van der Waals surface area contributed by atoms with Crippen molar-refractivity contribution in [3.05, 3.63) is 48.2 Å². The van der Waals surface area contributed by atoms with E-state index in [0.29, 0.717) is 34.8 Å². The molecular weight excluding hydrogens is 500 g/mol. The van der Waals surface area contributed by atoms with Crippen LogP contribution in [0.2, 0.25) is 0 Å². The predicted molar refractivity (Wildman–Crippen MR) is 140 cm³/mol. The van der Waals surface area contributed by atoms with Gasteiger partial charge in [0.1, 0.15) is 30.6 Å². The van der Waals surface area contributed by atoms with Gasteiger partial charge in [0.05, 0.1) is 11.6 Å². The maximum absolute atomic E-state index is 13.6. The Kier molecular flexibility index (Phi) is 6.76. The number of carbonyl (C=O) groups excluding carboxylic acids is 3. The zero-order valence-electron chi connectivity index (χ0n) is 22.1. The quantitative estimate of drug-likeness (QED) is 0.416. The fraction of sp³-hybridized carbons (Fsp3) is 0.500. The first-order valence-corrected chi connectivity index (χ1v) is 13.5. The van der Waals surface area contributed by atoms with Crippen LogP contribution >= 0.6 is 0 Å². The van der Waals surface area contributed by atoms with Crippen molar-refractivity contribution < 1.29 is 23.9 Å². The molecule has 3 heterocycles. The van der Waals surface area contributed by atoms with Crippen molar-refractivity contribution in [1.29, 1.82) is 0 Å². The molecule has 0 unspecified atom stereocenters. The molecule has 2 saturated carbocycles. The van der Waals surface area contributed by atoms with Gasteiger partial charge in [-0.05, 0) is 62.3 Å². The van der Waals surface area contributed by atoms with E-state index in [4.69, 9.17) is 9.47 Å². The summed E-state index contributed by atoms with van der Waals surface area (Å²) in [6.07, 6.45) is 7.69. The number of aromatic nitrogens is 4. The smallest absolute Gasteiger partial charge is 0.245 e. The lowest BCUT2D eigenvalue weighted by molar-refractivity contribution is -0.140. The Balaban J connectivity index is 1.18. The number of Topliss-reactive ketones (excluding diaryl/α,β-unsaturated/α-hetero) is 1. The van der Waals surface area contributed by atoms with E-state index in [1.54, 1.807) is 53.4 Å². The monoisotopic (exact) mass is 532 g/mol. The number of hydrogen-bond acceptors (Lipinski definition) is 8. The number of amides is 2. The number of ketones is 1. The van der Waals surface area contributed by atoms with E-state index in [9.17, 15) is 14.4 Å². The van der Waals surface area contributed by atoms with Crippen LogP contribution in [0.15, 0.2) is 36.7 Å². The predicted octanol–water partition coefficient (Wildman–Crippen LogP) is 2.28. The third-order valence-electron chi connectivity index (χ3n) is 8.09. The van der Waals surface area contributed by atoms with Gasteiger partial charge in [0.25, 0.3) is 0 Å². The first-order chi connectivity index (χ1) is 18.9. The number of rotatable bonds is 9. The van der Waals surface area contributed by atoms with Gasteiger partial charge in [-0.3, -0.25) is 19.1 Å². The Labute approximate surface area is 225 Å². The van der Waals surface area contributed by atoms with E-state index < -0.39 is 6.04 Å². The van der Waals surface area contributed by atoms with E-state index >= 15 is 0 Å². The number of piperidine rings is 1. The number of ether oxygens (including phenoxy) is 2. The molecule has 2 aliphatic carbocycles. The zero-order valence-corrected chi connectivity index (χ0v) is 22.1. The largest absolute Gasteiger partial charge is 0.486 e. The molecule has 1 N–H and O–H groups in total. The number of likely N-dealkylation sites (tertiary alicyclic amines) is 1. The number of fused-ring (bicyclic) bond motifs is 2. The van der Waals surface area contributed by atoms with Crippen LogP contribution in [0.4, 0.5) is 0 Å². The second kappa shape index (κ2) is 10.4. The Morgan fingerprint density at radius 3 is 2.67 bits per heavy atom. The number of methoxy groups -OCH3 is 1. The van der Waals surface area contributed by atoms with E-state index in [2.05, 4.69) is 20.4 Å². The first-order valence-electron chi connectivity index (χ1n) is 13.5. The summed E-state index contributed by atoms with van der Waals surface area (Å²) < 4.78 is 12.8. The molecule has 1 saturated heterocycles. The molecule has 11 heteroatoms. The highest BCUT2D eigenvalue weighted by Gasteiger charge is 2.56.